The minimum Gasteiger partial charge on any atom is -0.490 e. The van der Waals surface area contributed by atoms with Gasteiger partial charge in [0, 0.05) is 49.0 Å². The number of aryl methyl sites for hydroxylation is 1. The summed E-state index contributed by atoms with van der Waals surface area (Å²) < 4.78 is 55.9. The van der Waals surface area contributed by atoms with Crippen LogP contribution in [0.15, 0.2) is 67.9 Å². The number of esters is 1. The van der Waals surface area contributed by atoms with Crippen LogP contribution in [0.2, 0.25) is 0 Å². The quantitative estimate of drug-likeness (QED) is 0.101. The number of nitrogens with zero attached hydrogens (tertiary/aromatic N) is 3. The molecule has 2 unspecified atom stereocenters. The van der Waals surface area contributed by atoms with Crippen molar-refractivity contribution in [2.24, 2.45) is 0 Å². The van der Waals surface area contributed by atoms with Crippen molar-refractivity contribution in [3.63, 3.8) is 0 Å². The molecule has 1 aliphatic heterocycles. The molecule has 1 aliphatic rings. The number of benzene rings is 2. The van der Waals surface area contributed by atoms with Crippen molar-refractivity contribution in [2.45, 2.75) is 91.1 Å². The van der Waals surface area contributed by atoms with Gasteiger partial charge in [0.25, 0.3) is 0 Å². The molecule has 2 aromatic carbocycles. The Bertz CT molecular complexity index is 1960. The van der Waals surface area contributed by atoms with Gasteiger partial charge in [-0.05, 0) is 84.1 Å². The summed E-state index contributed by atoms with van der Waals surface area (Å²) in [6.07, 6.45) is 6.07. The van der Waals surface area contributed by atoms with Crippen molar-refractivity contribution in [3.8, 4) is 28.1 Å². The maximum absolute atomic E-state index is 15.5. The Morgan fingerprint density at radius 3 is 2.38 bits per heavy atom. The first-order valence-corrected chi connectivity index (χ1v) is 17.7. The van der Waals surface area contributed by atoms with E-state index in [4.69, 9.17) is 23.9 Å². The molecule has 0 bridgehead atoms. The van der Waals surface area contributed by atoms with E-state index < -0.39 is 29.3 Å². The second kappa shape index (κ2) is 15.6. The third kappa shape index (κ3) is 8.24. The maximum Gasteiger partial charge on any atom is 0.339 e. The highest BCUT2D eigenvalue weighted by Crippen LogP contribution is 2.42. The molecule has 1 saturated heterocycles. The molecule has 3 heterocycles. The summed E-state index contributed by atoms with van der Waals surface area (Å²) in [6, 6.07) is 9.39. The number of aromatic nitrogens is 2. The molecule has 1 fully saturated rings. The summed E-state index contributed by atoms with van der Waals surface area (Å²) in [4.78, 5) is 20.9. The van der Waals surface area contributed by atoms with Crippen LogP contribution in [-0.2, 0) is 19.0 Å². The molecule has 0 aliphatic carbocycles. The number of fused-ring (bicyclic) bond motifs is 1. The van der Waals surface area contributed by atoms with Crippen molar-refractivity contribution in [1.82, 2.24) is 9.38 Å². The molecule has 278 valence electrons. The Morgan fingerprint density at radius 1 is 1.06 bits per heavy atom. The molecule has 0 amide bonds. The van der Waals surface area contributed by atoms with Crippen molar-refractivity contribution in [2.75, 3.05) is 31.7 Å². The van der Waals surface area contributed by atoms with E-state index in [0.29, 0.717) is 48.6 Å². The average Bonchev–Trinajstić information content (AvgIpc) is 3.53. The van der Waals surface area contributed by atoms with Crippen LogP contribution in [0.5, 0.6) is 5.75 Å². The zero-order valence-electron chi connectivity index (χ0n) is 31.6. The van der Waals surface area contributed by atoms with Crippen molar-refractivity contribution in [3.05, 3.63) is 96.2 Å². The number of ether oxygens (including phenoxy) is 4. The molecule has 5 rings (SSSR count). The van der Waals surface area contributed by atoms with Crippen LogP contribution in [0, 0.1) is 25.5 Å². The van der Waals surface area contributed by atoms with E-state index in [2.05, 4.69) is 25.0 Å². The lowest BCUT2D eigenvalue weighted by Crippen LogP contribution is -2.45. The molecule has 52 heavy (non-hydrogen) atoms. The van der Waals surface area contributed by atoms with Crippen LogP contribution in [0.25, 0.3) is 28.0 Å². The highest BCUT2D eigenvalue weighted by molar-refractivity contribution is 5.82. The number of piperidine rings is 1. The van der Waals surface area contributed by atoms with Crippen LogP contribution in [0.3, 0.4) is 0 Å². The van der Waals surface area contributed by atoms with Crippen molar-refractivity contribution in [1.29, 1.82) is 0 Å². The largest absolute Gasteiger partial charge is 0.490 e. The summed E-state index contributed by atoms with van der Waals surface area (Å²) in [5.74, 6) is -1.05. The minimum absolute atomic E-state index is 0.110. The van der Waals surface area contributed by atoms with E-state index in [0.717, 1.165) is 41.4 Å². The Morgan fingerprint density at radius 2 is 1.75 bits per heavy atom. The van der Waals surface area contributed by atoms with E-state index >= 15 is 4.39 Å². The van der Waals surface area contributed by atoms with Crippen LogP contribution in [-0.4, -0.2) is 59.5 Å². The third-order valence-electron chi connectivity index (χ3n) is 9.59. The standard InChI is InChI=1S/C42H51F2N3O5/c1-11-14-26(3)51-34-24-31(43)23-32(44)36(34)30-16-13-15-29(22-30)33-25-47-38(45-33)28(5)27(4)35(37(40(48)49-10)52-41(6,7)8)39(47)46-19-17-42(9,18-20-46)50-21-12-2/h11-13,15-16,22-26,37H,1-2,14,17-21H2,3-10H3. The number of carbonyl (C=O) groups is 1. The van der Waals surface area contributed by atoms with Gasteiger partial charge < -0.3 is 23.8 Å². The van der Waals surface area contributed by atoms with E-state index in [1.807, 2.05) is 70.3 Å². The van der Waals surface area contributed by atoms with Crippen LogP contribution < -0.4 is 9.64 Å². The van der Waals surface area contributed by atoms with E-state index in [9.17, 15) is 9.18 Å². The molecule has 0 spiro atoms. The highest BCUT2D eigenvalue weighted by Gasteiger charge is 2.38. The van der Waals surface area contributed by atoms with Gasteiger partial charge >= 0.3 is 5.97 Å². The molecule has 8 nitrogen and oxygen atoms in total. The molecule has 2 atom stereocenters. The highest BCUT2D eigenvalue weighted by atomic mass is 19.1. The number of halogens is 2. The van der Waals surface area contributed by atoms with Gasteiger partial charge in [-0.15, -0.1) is 13.2 Å². The fourth-order valence-corrected chi connectivity index (χ4v) is 6.79. The van der Waals surface area contributed by atoms with Gasteiger partial charge in [0.2, 0.25) is 0 Å². The number of anilines is 1. The maximum atomic E-state index is 15.5. The van der Waals surface area contributed by atoms with Crippen molar-refractivity contribution < 1.29 is 32.5 Å². The summed E-state index contributed by atoms with van der Waals surface area (Å²) >= 11 is 0. The van der Waals surface area contributed by atoms with Gasteiger partial charge in [0.15, 0.2) is 6.10 Å². The second-order valence-electron chi connectivity index (χ2n) is 14.8. The van der Waals surface area contributed by atoms with Gasteiger partial charge in [-0.3, -0.25) is 4.40 Å². The SMILES string of the molecule is C=CCOC1(C)CCN(c2c(C(OC(C)(C)C)C(=O)OC)c(C)c(C)c3nc(-c4cccc(-c5c(F)cc(F)cc5OC(C)CC=C)c4)cn23)CC1. The van der Waals surface area contributed by atoms with E-state index in [1.54, 1.807) is 18.2 Å². The topological polar surface area (TPSA) is 74.5 Å². The molecule has 10 heteroatoms. The van der Waals surface area contributed by atoms with Crippen molar-refractivity contribution >= 4 is 17.4 Å². The summed E-state index contributed by atoms with van der Waals surface area (Å²) in [6.45, 7) is 23.0. The van der Waals surface area contributed by atoms with E-state index in [-0.39, 0.29) is 23.0 Å². The normalized spacial score (nSPS) is 15.7. The summed E-state index contributed by atoms with van der Waals surface area (Å²) in [7, 11) is 1.37. The molecule has 0 N–H and O–H groups in total. The monoisotopic (exact) mass is 715 g/mol. The number of pyridine rings is 1. The fraction of sp³-hybridized carbons (Fsp3) is 0.429. The molecule has 4 aromatic rings. The number of hydrogen-bond donors (Lipinski definition) is 0. The number of imidazole rings is 1. The van der Waals surface area contributed by atoms with Crippen LogP contribution >= 0.6 is 0 Å². The fourth-order valence-electron chi connectivity index (χ4n) is 6.79. The Labute approximate surface area is 306 Å². The first kappa shape index (κ1) is 38.7. The second-order valence-corrected chi connectivity index (χ2v) is 14.8. The predicted octanol–water partition coefficient (Wildman–Crippen LogP) is 9.50. The number of rotatable bonds is 13. The molecular weight excluding hydrogens is 664 g/mol. The molecule has 0 radical (unpaired) electrons. The number of methoxy groups -OCH3 is 1. The first-order chi connectivity index (χ1) is 24.6. The summed E-state index contributed by atoms with van der Waals surface area (Å²) in [5.41, 5.74) is 4.21. The first-order valence-electron chi connectivity index (χ1n) is 17.7. The lowest BCUT2D eigenvalue weighted by Gasteiger charge is -2.41. The smallest absolute Gasteiger partial charge is 0.339 e. The predicted molar refractivity (Wildman–Crippen MR) is 202 cm³/mol. The zero-order chi connectivity index (χ0) is 38.0. The number of hydrogen-bond acceptors (Lipinski definition) is 7. The lowest BCUT2D eigenvalue weighted by atomic mass is 9.92. The van der Waals surface area contributed by atoms with E-state index in [1.165, 1.54) is 13.2 Å². The van der Waals surface area contributed by atoms with Crippen LogP contribution in [0.1, 0.15) is 76.7 Å². The van der Waals surface area contributed by atoms with Gasteiger partial charge in [-0.2, -0.15) is 0 Å². The molecular formula is C42H51F2N3O5. The lowest BCUT2D eigenvalue weighted by molar-refractivity contribution is -0.164. The van der Waals surface area contributed by atoms with Gasteiger partial charge in [-0.25, -0.2) is 18.6 Å². The Balaban J connectivity index is 1.69. The Kier molecular flexibility index (Phi) is 11.6. The Hall–Kier alpha value is -4.54. The zero-order valence-corrected chi connectivity index (χ0v) is 31.6. The van der Waals surface area contributed by atoms with Gasteiger partial charge in [0.05, 0.1) is 42.3 Å². The van der Waals surface area contributed by atoms with Gasteiger partial charge in [0.1, 0.15) is 28.8 Å². The average molecular weight is 716 g/mol. The third-order valence-corrected chi connectivity index (χ3v) is 9.59. The molecule has 0 saturated carbocycles. The minimum atomic E-state index is -1.01. The number of carbonyl (C=O) groups excluding carboxylic acids is 1. The summed E-state index contributed by atoms with van der Waals surface area (Å²) in [5, 5.41) is 0. The van der Waals surface area contributed by atoms with Crippen LogP contribution in [0.4, 0.5) is 14.6 Å². The van der Waals surface area contributed by atoms with Gasteiger partial charge in [-0.1, -0.05) is 30.4 Å². The molecule has 2 aromatic heterocycles.